The summed E-state index contributed by atoms with van der Waals surface area (Å²) in [6.07, 6.45) is 4.45. The second-order valence-electron chi connectivity index (χ2n) is 4.67. The zero-order valence-corrected chi connectivity index (χ0v) is 13.0. The van der Waals surface area contributed by atoms with Crippen LogP contribution in [0.5, 0.6) is 0 Å². The van der Waals surface area contributed by atoms with Gasteiger partial charge >= 0.3 is 0 Å². The molecule has 7 nitrogen and oxygen atoms in total. The van der Waals surface area contributed by atoms with Gasteiger partial charge in [-0.3, -0.25) is 20.2 Å². The number of rotatable bonds is 5. The average Bonchev–Trinajstić information content (AvgIpc) is 3.24. The molecule has 0 radical (unpaired) electrons. The van der Waals surface area contributed by atoms with E-state index in [4.69, 9.17) is 4.42 Å². The summed E-state index contributed by atoms with van der Waals surface area (Å²) in [6.45, 7) is 0. The van der Waals surface area contributed by atoms with Crippen molar-refractivity contribution in [1.29, 1.82) is 0 Å². The molecule has 0 aliphatic heterocycles. The predicted molar refractivity (Wildman–Crippen MR) is 90.6 cm³/mol. The van der Waals surface area contributed by atoms with Crippen molar-refractivity contribution in [2.75, 3.05) is 5.32 Å². The van der Waals surface area contributed by atoms with Gasteiger partial charge in [0.25, 0.3) is 5.69 Å². The molecule has 0 unspecified atom stereocenters. The van der Waals surface area contributed by atoms with Gasteiger partial charge in [0.2, 0.25) is 5.91 Å². The molecule has 120 valence electrons. The number of nitrogens with one attached hydrogen (secondary N) is 1. The van der Waals surface area contributed by atoms with Crippen molar-refractivity contribution in [1.82, 2.24) is 4.98 Å². The van der Waals surface area contributed by atoms with E-state index in [0.29, 0.717) is 22.2 Å². The third-order valence-electron chi connectivity index (χ3n) is 3.03. The van der Waals surface area contributed by atoms with E-state index < -0.39 is 4.92 Å². The third kappa shape index (κ3) is 3.73. The monoisotopic (exact) mass is 341 g/mol. The maximum absolute atomic E-state index is 11.7. The van der Waals surface area contributed by atoms with E-state index in [9.17, 15) is 14.9 Å². The molecule has 8 heteroatoms. The first-order valence-electron chi connectivity index (χ1n) is 6.85. The molecular formula is C16H11N3O4S. The Morgan fingerprint density at radius 3 is 2.96 bits per heavy atom. The van der Waals surface area contributed by atoms with Crippen LogP contribution in [0.2, 0.25) is 0 Å². The van der Waals surface area contributed by atoms with Crippen molar-refractivity contribution < 1.29 is 14.1 Å². The molecule has 2 aromatic heterocycles. The molecule has 3 aromatic rings. The minimum Gasteiger partial charge on any atom is -0.457 e. The number of nitro benzene ring substituents is 1. The number of anilines is 1. The third-order valence-corrected chi connectivity index (χ3v) is 3.72. The molecule has 3 rings (SSSR count). The number of amides is 1. The Morgan fingerprint density at radius 2 is 2.21 bits per heavy atom. The van der Waals surface area contributed by atoms with Crippen LogP contribution < -0.4 is 5.32 Å². The number of non-ortho nitro benzene ring substituents is 1. The van der Waals surface area contributed by atoms with E-state index in [1.165, 1.54) is 35.6 Å². The molecule has 2 heterocycles. The predicted octanol–water partition coefficient (Wildman–Crippen LogP) is 3.96. The number of hydrogen-bond donors (Lipinski definition) is 1. The van der Waals surface area contributed by atoms with Crippen LogP contribution >= 0.6 is 11.3 Å². The lowest BCUT2D eigenvalue weighted by atomic mass is 10.1. The Balaban J connectivity index is 1.71. The number of benzene rings is 1. The molecule has 1 N–H and O–H groups in total. The standard InChI is InChI=1S/C16H11N3O4S/c20-15(18-16-17-8-9-24-16)7-5-13-4-6-14(23-13)11-2-1-3-12(10-11)19(21)22/h1-10H,(H,17,18,20)/b7-5+. The second kappa shape index (κ2) is 6.88. The van der Waals surface area contributed by atoms with Gasteiger partial charge in [-0.1, -0.05) is 12.1 Å². The van der Waals surface area contributed by atoms with Gasteiger partial charge in [-0.25, -0.2) is 4.98 Å². The topological polar surface area (TPSA) is 98.3 Å². The Labute approximate surface area is 140 Å². The summed E-state index contributed by atoms with van der Waals surface area (Å²) in [7, 11) is 0. The summed E-state index contributed by atoms with van der Waals surface area (Å²) in [4.78, 5) is 26.0. The molecule has 0 aliphatic rings. The minimum atomic E-state index is -0.462. The first-order chi connectivity index (χ1) is 11.6. The van der Waals surface area contributed by atoms with Gasteiger partial charge in [0.15, 0.2) is 5.13 Å². The average molecular weight is 341 g/mol. The smallest absolute Gasteiger partial charge is 0.270 e. The fraction of sp³-hybridized carbons (Fsp3) is 0. The summed E-state index contributed by atoms with van der Waals surface area (Å²) in [5, 5.41) is 15.7. The van der Waals surface area contributed by atoms with Crippen molar-refractivity contribution in [2.24, 2.45) is 0 Å². The second-order valence-corrected chi connectivity index (χ2v) is 5.56. The lowest BCUT2D eigenvalue weighted by Crippen LogP contribution is -2.06. The summed E-state index contributed by atoms with van der Waals surface area (Å²) in [6, 6.07) is 9.53. The lowest BCUT2D eigenvalue weighted by molar-refractivity contribution is -0.384. The zero-order valence-electron chi connectivity index (χ0n) is 12.2. The van der Waals surface area contributed by atoms with Gasteiger partial charge < -0.3 is 4.42 Å². The Bertz CT molecular complexity index is 900. The molecule has 1 aromatic carbocycles. The molecule has 0 bridgehead atoms. The van der Waals surface area contributed by atoms with E-state index >= 15 is 0 Å². The number of thiazole rings is 1. The highest BCUT2D eigenvalue weighted by molar-refractivity contribution is 7.13. The number of nitrogens with zero attached hydrogens (tertiary/aromatic N) is 2. The van der Waals surface area contributed by atoms with Gasteiger partial charge in [0, 0.05) is 35.3 Å². The van der Waals surface area contributed by atoms with E-state index in [1.54, 1.807) is 35.8 Å². The van der Waals surface area contributed by atoms with Crippen molar-refractivity contribution in [3.8, 4) is 11.3 Å². The van der Waals surface area contributed by atoms with Crippen LogP contribution in [0.3, 0.4) is 0 Å². The SMILES string of the molecule is O=C(/C=C/c1ccc(-c2cccc([N+](=O)[O-])c2)o1)Nc1nccs1. The van der Waals surface area contributed by atoms with Crippen molar-refractivity contribution in [3.05, 3.63) is 69.9 Å². The molecular weight excluding hydrogens is 330 g/mol. The van der Waals surface area contributed by atoms with Crippen LogP contribution in [-0.4, -0.2) is 15.8 Å². The summed E-state index contributed by atoms with van der Waals surface area (Å²) in [5.74, 6) is 0.628. The molecule has 0 spiro atoms. The highest BCUT2D eigenvalue weighted by Crippen LogP contribution is 2.26. The van der Waals surface area contributed by atoms with E-state index in [0.717, 1.165) is 0 Å². The molecule has 0 aliphatic carbocycles. The zero-order chi connectivity index (χ0) is 16.9. The fourth-order valence-electron chi connectivity index (χ4n) is 1.96. The summed E-state index contributed by atoms with van der Waals surface area (Å²) >= 11 is 1.32. The van der Waals surface area contributed by atoms with E-state index in [-0.39, 0.29) is 11.6 Å². The highest BCUT2D eigenvalue weighted by Gasteiger charge is 2.09. The molecule has 0 saturated heterocycles. The highest BCUT2D eigenvalue weighted by atomic mass is 32.1. The van der Waals surface area contributed by atoms with Gasteiger partial charge in [-0.05, 0) is 18.2 Å². The molecule has 0 saturated carbocycles. The maximum atomic E-state index is 11.7. The Hall–Kier alpha value is -3.26. The van der Waals surface area contributed by atoms with E-state index in [1.807, 2.05) is 0 Å². The van der Waals surface area contributed by atoms with E-state index in [2.05, 4.69) is 10.3 Å². The van der Waals surface area contributed by atoms with Gasteiger partial charge in [-0.15, -0.1) is 11.3 Å². The quantitative estimate of drug-likeness (QED) is 0.430. The summed E-state index contributed by atoms with van der Waals surface area (Å²) < 4.78 is 5.59. The van der Waals surface area contributed by atoms with Crippen LogP contribution in [0.1, 0.15) is 5.76 Å². The molecule has 0 atom stereocenters. The van der Waals surface area contributed by atoms with Crippen LogP contribution in [0.4, 0.5) is 10.8 Å². The minimum absolute atomic E-state index is 0.0104. The van der Waals surface area contributed by atoms with Crippen LogP contribution in [0.15, 0.2) is 58.5 Å². The lowest BCUT2D eigenvalue weighted by Gasteiger charge is -1.97. The van der Waals surface area contributed by atoms with Crippen molar-refractivity contribution >= 4 is 34.1 Å². The van der Waals surface area contributed by atoms with Crippen molar-refractivity contribution in [2.45, 2.75) is 0 Å². The fourth-order valence-corrected chi connectivity index (χ4v) is 2.49. The largest absolute Gasteiger partial charge is 0.457 e. The van der Waals surface area contributed by atoms with Gasteiger partial charge in [0.05, 0.1) is 4.92 Å². The van der Waals surface area contributed by atoms with Crippen LogP contribution in [0, 0.1) is 10.1 Å². The van der Waals surface area contributed by atoms with Gasteiger partial charge in [-0.2, -0.15) is 0 Å². The molecule has 1 amide bonds. The normalized spacial score (nSPS) is 10.8. The Kier molecular flexibility index (Phi) is 4.48. The van der Waals surface area contributed by atoms with Crippen LogP contribution in [-0.2, 0) is 4.79 Å². The number of carbonyl (C=O) groups is 1. The van der Waals surface area contributed by atoms with Crippen molar-refractivity contribution in [3.63, 3.8) is 0 Å². The number of aromatic nitrogens is 1. The first-order valence-corrected chi connectivity index (χ1v) is 7.73. The first kappa shape index (κ1) is 15.6. The number of furan rings is 1. The summed E-state index contributed by atoms with van der Waals surface area (Å²) in [5.41, 5.74) is 0.583. The maximum Gasteiger partial charge on any atom is 0.270 e. The number of nitro groups is 1. The Morgan fingerprint density at radius 1 is 1.33 bits per heavy atom. The number of carbonyl (C=O) groups excluding carboxylic acids is 1. The van der Waals surface area contributed by atoms with Crippen LogP contribution in [0.25, 0.3) is 17.4 Å². The molecule has 0 fully saturated rings. The number of hydrogen-bond acceptors (Lipinski definition) is 6. The molecule has 24 heavy (non-hydrogen) atoms. The van der Waals surface area contributed by atoms with Gasteiger partial charge in [0.1, 0.15) is 11.5 Å².